The number of nitrogens with zero attached hydrogens (tertiary/aromatic N) is 1. The lowest BCUT2D eigenvalue weighted by molar-refractivity contribution is -0.140. The zero-order valence-electron chi connectivity index (χ0n) is 11.2. The fraction of sp³-hybridized carbons (Fsp3) is 0.615. The molecular weight excluding hydrogens is 271 g/mol. The van der Waals surface area contributed by atoms with E-state index in [0.717, 1.165) is 25.1 Å². The Bertz CT molecular complexity index is 458. The van der Waals surface area contributed by atoms with E-state index in [0.29, 0.717) is 13.0 Å². The average Bonchev–Trinajstić information content (AvgIpc) is 2.39. The van der Waals surface area contributed by atoms with Gasteiger partial charge in [0.05, 0.1) is 17.2 Å². The molecule has 1 aromatic heterocycles. The highest BCUT2D eigenvalue weighted by molar-refractivity contribution is 5.31. The molecule has 3 N–H and O–H groups in total. The maximum absolute atomic E-state index is 13.1. The number of hydrogen-bond acceptors (Lipinski definition) is 4. The minimum absolute atomic E-state index is 0.0203. The van der Waals surface area contributed by atoms with Crippen molar-refractivity contribution in [2.45, 2.75) is 44.0 Å². The predicted molar refractivity (Wildman–Crippen MR) is 67.5 cm³/mol. The van der Waals surface area contributed by atoms with Crippen LogP contribution in [0.3, 0.4) is 0 Å². The van der Waals surface area contributed by atoms with Crippen LogP contribution in [-0.4, -0.2) is 17.2 Å². The maximum Gasteiger partial charge on any atom is 0.416 e. The fourth-order valence-electron chi connectivity index (χ4n) is 2.67. The van der Waals surface area contributed by atoms with Crippen LogP contribution in [-0.2, 0) is 10.9 Å². The van der Waals surface area contributed by atoms with Gasteiger partial charge in [-0.05, 0) is 32.3 Å². The summed E-state index contributed by atoms with van der Waals surface area (Å²) in [5, 5.41) is 0. The molecule has 20 heavy (non-hydrogen) atoms. The second kappa shape index (κ2) is 5.67. The van der Waals surface area contributed by atoms with Gasteiger partial charge >= 0.3 is 6.18 Å². The SMILES string of the molecule is CC1(C(NN)c2cnccc2C(F)(F)F)CCCCO1. The van der Waals surface area contributed by atoms with Crippen molar-refractivity contribution in [1.29, 1.82) is 0 Å². The highest BCUT2D eigenvalue weighted by Gasteiger charge is 2.42. The predicted octanol–water partition coefficient (Wildman–Crippen LogP) is 2.56. The molecule has 1 aliphatic rings. The Morgan fingerprint density at radius 3 is 2.75 bits per heavy atom. The van der Waals surface area contributed by atoms with Gasteiger partial charge in [0, 0.05) is 24.6 Å². The normalized spacial score (nSPS) is 25.4. The standard InChI is InChI=1S/C13H18F3N3O/c1-12(5-2-3-7-20-12)11(19-17)9-8-18-6-4-10(9)13(14,15)16/h4,6,8,11,19H,2-3,5,7,17H2,1H3. The van der Waals surface area contributed by atoms with Crippen LogP contribution in [0.2, 0.25) is 0 Å². The molecule has 2 unspecified atom stereocenters. The van der Waals surface area contributed by atoms with E-state index in [2.05, 4.69) is 10.4 Å². The molecule has 7 heteroatoms. The van der Waals surface area contributed by atoms with Gasteiger partial charge in [-0.15, -0.1) is 0 Å². The Labute approximate surface area is 115 Å². The number of pyridine rings is 1. The lowest BCUT2D eigenvalue weighted by Crippen LogP contribution is -2.48. The largest absolute Gasteiger partial charge is 0.416 e. The minimum atomic E-state index is -4.45. The molecule has 0 spiro atoms. The van der Waals surface area contributed by atoms with Crippen molar-refractivity contribution in [2.24, 2.45) is 5.84 Å². The van der Waals surface area contributed by atoms with E-state index in [1.165, 1.54) is 6.20 Å². The summed E-state index contributed by atoms with van der Waals surface area (Å²) in [5.41, 5.74) is 0.998. The molecule has 1 aromatic rings. The Morgan fingerprint density at radius 1 is 1.45 bits per heavy atom. The monoisotopic (exact) mass is 289 g/mol. The highest BCUT2D eigenvalue weighted by atomic mass is 19.4. The Kier molecular flexibility index (Phi) is 4.31. The molecule has 0 aromatic carbocycles. The van der Waals surface area contributed by atoms with Crippen molar-refractivity contribution < 1.29 is 17.9 Å². The first kappa shape index (κ1) is 15.2. The first-order chi connectivity index (χ1) is 9.38. The van der Waals surface area contributed by atoms with E-state index in [4.69, 9.17) is 10.6 Å². The van der Waals surface area contributed by atoms with Crippen LogP contribution in [0.25, 0.3) is 0 Å². The van der Waals surface area contributed by atoms with Crippen LogP contribution in [0.5, 0.6) is 0 Å². The van der Waals surface area contributed by atoms with Gasteiger partial charge in [-0.1, -0.05) is 0 Å². The molecule has 0 aliphatic carbocycles. The number of hydrazine groups is 1. The molecule has 1 fully saturated rings. The summed E-state index contributed by atoms with van der Waals surface area (Å²) in [6, 6.07) is 0.208. The van der Waals surface area contributed by atoms with Crippen LogP contribution >= 0.6 is 0 Å². The summed E-state index contributed by atoms with van der Waals surface area (Å²) in [6.45, 7) is 2.31. The number of alkyl halides is 3. The second-order valence-corrected chi connectivity index (χ2v) is 5.18. The van der Waals surface area contributed by atoms with Gasteiger partial charge < -0.3 is 4.74 Å². The summed E-state index contributed by atoms with van der Waals surface area (Å²) in [7, 11) is 0. The molecule has 1 aliphatic heterocycles. The highest BCUT2D eigenvalue weighted by Crippen LogP contribution is 2.41. The average molecular weight is 289 g/mol. The van der Waals surface area contributed by atoms with Crippen molar-refractivity contribution in [3.05, 3.63) is 29.6 Å². The molecule has 0 bridgehead atoms. The molecule has 1 saturated heterocycles. The van der Waals surface area contributed by atoms with Gasteiger partial charge in [-0.2, -0.15) is 13.2 Å². The maximum atomic E-state index is 13.1. The number of aromatic nitrogens is 1. The van der Waals surface area contributed by atoms with Crippen molar-refractivity contribution in [1.82, 2.24) is 10.4 Å². The summed E-state index contributed by atoms with van der Waals surface area (Å²) < 4.78 is 45.0. The Morgan fingerprint density at radius 2 is 2.20 bits per heavy atom. The van der Waals surface area contributed by atoms with Gasteiger partial charge in [-0.25, -0.2) is 0 Å². The molecule has 2 atom stereocenters. The first-order valence-electron chi connectivity index (χ1n) is 6.50. The van der Waals surface area contributed by atoms with Crippen LogP contribution in [0.15, 0.2) is 18.5 Å². The van der Waals surface area contributed by atoms with E-state index < -0.39 is 23.4 Å². The number of ether oxygens (including phenoxy) is 1. The van der Waals surface area contributed by atoms with E-state index >= 15 is 0 Å². The van der Waals surface area contributed by atoms with Gasteiger partial charge in [0.15, 0.2) is 0 Å². The zero-order chi connectivity index (χ0) is 14.8. The summed E-state index contributed by atoms with van der Waals surface area (Å²) in [4.78, 5) is 3.80. The summed E-state index contributed by atoms with van der Waals surface area (Å²) in [5.74, 6) is 5.51. The molecule has 0 saturated carbocycles. The van der Waals surface area contributed by atoms with Crippen LogP contribution in [0.4, 0.5) is 13.2 Å². The van der Waals surface area contributed by atoms with Crippen LogP contribution in [0, 0.1) is 0 Å². The lowest BCUT2D eigenvalue weighted by Gasteiger charge is -2.41. The van der Waals surface area contributed by atoms with Gasteiger partial charge in [-0.3, -0.25) is 16.3 Å². The Balaban J connectivity index is 2.42. The molecule has 4 nitrogen and oxygen atoms in total. The molecule has 2 heterocycles. The molecule has 0 radical (unpaired) electrons. The van der Waals surface area contributed by atoms with Gasteiger partial charge in [0.1, 0.15) is 0 Å². The van der Waals surface area contributed by atoms with Crippen LogP contribution in [0.1, 0.15) is 43.4 Å². The number of rotatable bonds is 3. The topological polar surface area (TPSA) is 60.2 Å². The van der Waals surface area contributed by atoms with E-state index in [-0.39, 0.29) is 5.56 Å². The lowest BCUT2D eigenvalue weighted by atomic mass is 9.83. The van der Waals surface area contributed by atoms with Gasteiger partial charge in [0.2, 0.25) is 0 Å². The number of hydrogen-bond donors (Lipinski definition) is 2. The van der Waals surface area contributed by atoms with Gasteiger partial charge in [0.25, 0.3) is 0 Å². The summed E-state index contributed by atoms with van der Waals surface area (Å²) in [6.07, 6.45) is 0.343. The fourth-order valence-corrected chi connectivity index (χ4v) is 2.67. The third-order valence-corrected chi connectivity index (χ3v) is 3.74. The second-order valence-electron chi connectivity index (χ2n) is 5.18. The quantitative estimate of drug-likeness (QED) is 0.663. The Hall–Kier alpha value is -1.18. The number of nitrogens with one attached hydrogen (secondary N) is 1. The molecule has 0 amide bonds. The number of halogens is 3. The minimum Gasteiger partial charge on any atom is -0.373 e. The molecular formula is C13H18F3N3O. The third kappa shape index (κ3) is 2.94. The van der Waals surface area contributed by atoms with E-state index in [1.54, 1.807) is 6.92 Å². The van der Waals surface area contributed by atoms with Crippen molar-refractivity contribution in [3.8, 4) is 0 Å². The van der Waals surface area contributed by atoms with Crippen molar-refractivity contribution in [2.75, 3.05) is 6.61 Å². The van der Waals surface area contributed by atoms with E-state index in [9.17, 15) is 13.2 Å². The van der Waals surface area contributed by atoms with Crippen LogP contribution < -0.4 is 11.3 Å². The molecule has 112 valence electrons. The number of nitrogens with two attached hydrogens (primary N) is 1. The molecule has 2 rings (SSSR count). The third-order valence-electron chi connectivity index (χ3n) is 3.74. The zero-order valence-corrected chi connectivity index (χ0v) is 11.2. The van der Waals surface area contributed by atoms with Crippen molar-refractivity contribution in [3.63, 3.8) is 0 Å². The van der Waals surface area contributed by atoms with Crippen molar-refractivity contribution >= 4 is 0 Å². The smallest absolute Gasteiger partial charge is 0.373 e. The van der Waals surface area contributed by atoms with E-state index in [1.807, 2.05) is 0 Å². The first-order valence-corrected chi connectivity index (χ1v) is 6.50. The summed E-state index contributed by atoms with van der Waals surface area (Å²) >= 11 is 0.